The molecule has 0 radical (unpaired) electrons. The lowest BCUT2D eigenvalue weighted by atomic mass is 9.77. The Morgan fingerprint density at radius 2 is 1.04 bits per heavy atom. The lowest BCUT2D eigenvalue weighted by Crippen LogP contribution is -2.40. The van der Waals surface area contributed by atoms with Crippen molar-refractivity contribution in [3.63, 3.8) is 0 Å². The minimum Gasteiger partial charge on any atom is -0.325 e. The standard InChI is InChI=1S/C25H48N2/c1-25(26)19-14-10-9-12-16-22-21-15-11-7-5-3-4-6-8-13-17-23(21)27(2)24(22)18-20-25/h21-24H,3-20,26H2,1-2H3. The molecule has 27 heavy (non-hydrogen) atoms. The lowest BCUT2D eigenvalue weighted by Gasteiger charge is -2.31. The molecule has 0 aromatic heterocycles. The van der Waals surface area contributed by atoms with Crippen LogP contribution >= 0.6 is 0 Å². The van der Waals surface area contributed by atoms with Gasteiger partial charge in [0.05, 0.1) is 0 Å². The summed E-state index contributed by atoms with van der Waals surface area (Å²) in [5, 5.41) is 0. The Hall–Kier alpha value is -0.0800. The fourth-order valence-electron chi connectivity index (χ4n) is 6.73. The second kappa shape index (κ2) is 10.6. The predicted octanol–water partition coefficient (Wildman–Crippen LogP) is 6.67. The first-order valence-corrected chi connectivity index (χ1v) is 12.6. The number of hydrogen-bond acceptors (Lipinski definition) is 2. The molecule has 2 saturated carbocycles. The highest BCUT2D eigenvalue weighted by Gasteiger charge is 2.45. The molecule has 0 aromatic carbocycles. The molecule has 1 heterocycles. The molecule has 5 unspecified atom stereocenters. The van der Waals surface area contributed by atoms with Crippen molar-refractivity contribution in [1.82, 2.24) is 4.90 Å². The maximum Gasteiger partial charge on any atom is 0.0127 e. The van der Waals surface area contributed by atoms with Crippen LogP contribution in [0.3, 0.4) is 0 Å². The molecular formula is C25H48N2. The van der Waals surface area contributed by atoms with Crippen molar-refractivity contribution in [2.45, 2.75) is 140 Å². The summed E-state index contributed by atoms with van der Waals surface area (Å²) < 4.78 is 0. The molecule has 2 aliphatic carbocycles. The Balaban J connectivity index is 1.73. The van der Waals surface area contributed by atoms with Crippen LogP contribution in [0.25, 0.3) is 0 Å². The van der Waals surface area contributed by atoms with Crippen molar-refractivity contribution in [2.24, 2.45) is 17.6 Å². The van der Waals surface area contributed by atoms with Crippen molar-refractivity contribution < 1.29 is 0 Å². The van der Waals surface area contributed by atoms with Crippen LogP contribution in [0.4, 0.5) is 0 Å². The van der Waals surface area contributed by atoms with E-state index in [4.69, 9.17) is 5.73 Å². The van der Waals surface area contributed by atoms with Gasteiger partial charge in [-0.3, -0.25) is 4.90 Å². The Morgan fingerprint density at radius 3 is 1.63 bits per heavy atom. The third-order valence-corrected chi connectivity index (χ3v) is 8.42. The van der Waals surface area contributed by atoms with Crippen LogP contribution in [0.1, 0.15) is 122 Å². The van der Waals surface area contributed by atoms with E-state index in [1.165, 1.54) is 116 Å². The summed E-state index contributed by atoms with van der Waals surface area (Å²) in [5.41, 5.74) is 6.76. The molecule has 2 N–H and O–H groups in total. The second-order valence-electron chi connectivity index (χ2n) is 10.7. The van der Waals surface area contributed by atoms with Gasteiger partial charge in [0.2, 0.25) is 0 Å². The van der Waals surface area contributed by atoms with Crippen LogP contribution < -0.4 is 5.73 Å². The van der Waals surface area contributed by atoms with E-state index >= 15 is 0 Å². The van der Waals surface area contributed by atoms with Crippen LogP contribution in [-0.4, -0.2) is 29.6 Å². The summed E-state index contributed by atoms with van der Waals surface area (Å²) in [7, 11) is 2.47. The van der Waals surface area contributed by atoms with E-state index in [-0.39, 0.29) is 5.54 Å². The van der Waals surface area contributed by atoms with Crippen molar-refractivity contribution >= 4 is 0 Å². The predicted molar refractivity (Wildman–Crippen MR) is 118 cm³/mol. The molecule has 0 amide bonds. The molecule has 1 aliphatic heterocycles. The average molecular weight is 377 g/mol. The maximum atomic E-state index is 6.70. The van der Waals surface area contributed by atoms with Gasteiger partial charge < -0.3 is 5.73 Å². The molecule has 3 rings (SSSR count). The SMILES string of the molecule is CN1C2CCCCCCCCCCC2C2CCCCCCC(C)(N)CCC21. The second-order valence-corrected chi connectivity index (χ2v) is 10.7. The van der Waals surface area contributed by atoms with Crippen molar-refractivity contribution in [3.8, 4) is 0 Å². The summed E-state index contributed by atoms with van der Waals surface area (Å²) in [6.45, 7) is 2.32. The van der Waals surface area contributed by atoms with Crippen LogP contribution in [-0.2, 0) is 0 Å². The molecule has 158 valence electrons. The zero-order valence-corrected chi connectivity index (χ0v) is 18.6. The van der Waals surface area contributed by atoms with Gasteiger partial charge in [-0.05, 0) is 64.3 Å². The highest BCUT2D eigenvalue weighted by molar-refractivity contribution is 4.99. The Labute approximate surface area is 170 Å². The molecule has 0 bridgehead atoms. The number of nitrogens with two attached hydrogens (primary N) is 1. The topological polar surface area (TPSA) is 29.3 Å². The van der Waals surface area contributed by atoms with E-state index < -0.39 is 0 Å². The third kappa shape index (κ3) is 6.20. The van der Waals surface area contributed by atoms with Crippen LogP contribution in [0, 0.1) is 11.8 Å². The smallest absolute Gasteiger partial charge is 0.0127 e. The molecule has 3 fully saturated rings. The van der Waals surface area contributed by atoms with E-state index in [9.17, 15) is 0 Å². The molecular weight excluding hydrogens is 328 g/mol. The molecule has 0 spiro atoms. The van der Waals surface area contributed by atoms with E-state index in [0.717, 1.165) is 23.9 Å². The number of hydrogen-bond donors (Lipinski definition) is 1. The van der Waals surface area contributed by atoms with Gasteiger partial charge >= 0.3 is 0 Å². The van der Waals surface area contributed by atoms with E-state index in [0.29, 0.717) is 0 Å². The molecule has 2 heteroatoms. The van der Waals surface area contributed by atoms with Crippen molar-refractivity contribution in [1.29, 1.82) is 0 Å². The summed E-state index contributed by atoms with van der Waals surface area (Å²) in [6, 6.07) is 1.65. The number of nitrogens with zero attached hydrogens (tertiary/aromatic N) is 1. The van der Waals surface area contributed by atoms with Gasteiger partial charge in [-0.2, -0.15) is 0 Å². The average Bonchev–Trinajstić information content (AvgIpc) is 2.85. The summed E-state index contributed by atoms with van der Waals surface area (Å²) in [6.07, 6.45) is 25.6. The molecule has 1 saturated heterocycles. The van der Waals surface area contributed by atoms with Gasteiger partial charge in [-0.1, -0.05) is 77.0 Å². The highest BCUT2D eigenvalue weighted by atomic mass is 15.2. The summed E-state index contributed by atoms with van der Waals surface area (Å²) in [4.78, 5) is 2.86. The highest BCUT2D eigenvalue weighted by Crippen LogP contribution is 2.45. The summed E-state index contributed by atoms with van der Waals surface area (Å²) >= 11 is 0. The van der Waals surface area contributed by atoms with Crippen LogP contribution in [0.5, 0.6) is 0 Å². The Bertz CT molecular complexity index is 419. The van der Waals surface area contributed by atoms with Gasteiger partial charge in [0.25, 0.3) is 0 Å². The number of likely N-dealkylation sites (tertiary alicyclic amines) is 1. The van der Waals surface area contributed by atoms with Crippen molar-refractivity contribution in [2.75, 3.05) is 7.05 Å². The zero-order valence-electron chi connectivity index (χ0n) is 18.6. The van der Waals surface area contributed by atoms with Gasteiger partial charge in [0.1, 0.15) is 0 Å². The maximum absolute atomic E-state index is 6.70. The van der Waals surface area contributed by atoms with Crippen molar-refractivity contribution in [3.05, 3.63) is 0 Å². The molecule has 2 nitrogen and oxygen atoms in total. The van der Waals surface area contributed by atoms with Crippen LogP contribution in [0.15, 0.2) is 0 Å². The quantitative estimate of drug-likeness (QED) is 0.511. The largest absolute Gasteiger partial charge is 0.325 e. The first-order valence-electron chi connectivity index (χ1n) is 12.6. The molecule has 0 aromatic rings. The Kier molecular flexibility index (Phi) is 8.51. The zero-order chi connectivity index (χ0) is 19.1. The van der Waals surface area contributed by atoms with Gasteiger partial charge in [-0.25, -0.2) is 0 Å². The summed E-state index contributed by atoms with van der Waals surface area (Å²) in [5.74, 6) is 1.90. The molecule has 5 atom stereocenters. The lowest BCUT2D eigenvalue weighted by molar-refractivity contribution is 0.184. The van der Waals surface area contributed by atoms with E-state index in [2.05, 4.69) is 18.9 Å². The first-order chi connectivity index (χ1) is 13.1. The fraction of sp³-hybridized carbons (Fsp3) is 1.00. The Morgan fingerprint density at radius 1 is 0.593 bits per heavy atom. The third-order valence-electron chi connectivity index (χ3n) is 8.42. The normalized spacial score (nSPS) is 41.4. The molecule has 3 aliphatic rings. The van der Waals surface area contributed by atoms with E-state index in [1.54, 1.807) is 0 Å². The minimum atomic E-state index is 0.0576. The van der Waals surface area contributed by atoms with E-state index in [1.807, 2.05) is 0 Å². The first kappa shape index (κ1) is 21.6. The van der Waals surface area contributed by atoms with Crippen LogP contribution in [0.2, 0.25) is 0 Å². The monoisotopic (exact) mass is 376 g/mol. The minimum absolute atomic E-state index is 0.0576. The van der Waals surface area contributed by atoms with Gasteiger partial charge in [-0.15, -0.1) is 0 Å². The fourth-order valence-corrected chi connectivity index (χ4v) is 6.73. The number of fused-ring (bicyclic) bond motifs is 3. The van der Waals surface area contributed by atoms with Gasteiger partial charge in [0, 0.05) is 17.6 Å². The van der Waals surface area contributed by atoms with Gasteiger partial charge in [0.15, 0.2) is 0 Å². The number of rotatable bonds is 0.